The van der Waals surface area contributed by atoms with Crippen molar-refractivity contribution in [2.45, 2.75) is 106 Å². The zero-order chi connectivity index (χ0) is 35.9. The Balaban J connectivity index is 1.69. The van der Waals surface area contributed by atoms with Crippen LogP contribution in [0.1, 0.15) is 111 Å². The molecular formula is C41H54N6O2. The van der Waals surface area contributed by atoms with E-state index in [-0.39, 0.29) is 39.6 Å². The Kier molecular flexibility index (Phi) is 9.60. The third-order valence-corrected chi connectivity index (χ3v) is 9.07. The third kappa shape index (κ3) is 8.42. The largest absolute Gasteiger partial charge is 0.505 e. The van der Waals surface area contributed by atoms with E-state index in [2.05, 4.69) is 86.5 Å². The van der Waals surface area contributed by atoms with Crippen LogP contribution in [-0.2, 0) is 17.3 Å². The first-order valence-corrected chi connectivity index (χ1v) is 17.2. The standard InChI is InChI=1S/C41H54N6O2/c1-38(2,3)25-40(7,8)29-21-27(36(48)34(23-29)46(42)43-31-16-12-11-13-17-31)20-28-22-30(41(9,10)26-39(4,5)6)24-35(37(28)49)47-44-32-18-14-15-19-33(32)45-47/h11-16,18-19,21-24,48-49H,17,20,25-26,42H2,1-10H3/b43-31-. The second-order valence-corrected chi connectivity index (χ2v) is 17.3. The first kappa shape index (κ1) is 35.9. The van der Waals surface area contributed by atoms with Gasteiger partial charge in [-0.1, -0.05) is 112 Å². The number of nitrogens with zero attached hydrogens (tertiary/aromatic N) is 5. The molecule has 0 radical (unpaired) electrons. The molecule has 0 saturated heterocycles. The number of fused-ring (bicyclic) bond motifs is 1. The van der Waals surface area contributed by atoms with Crippen LogP contribution in [0.5, 0.6) is 11.5 Å². The van der Waals surface area contributed by atoms with Crippen molar-refractivity contribution in [1.82, 2.24) is 15.0 Å². The number of hydrogen-bond donors (Lipinski definition) is 3. The maximum Gasteiger partial charge on any atom is 0.146 e. The number of phenols is 2. The van der Waals surface area contributed by atoms with Gasteiger partial charge in [-0.2, -0.15) is 10.2 Å². The molecule has 1 aromatic heterocycles. The number of anilines is 1. The van der Waals surface area contributed by atoms with Crippen molar-refractivity contribution < 1.29 is 10.2 Å². The van der Waals surface area contributed by atoms with Crippen LogP contribution >= 0.6 is 0 Å². The summed E-state index contributed by atoms with van der Waals surface area (Å²) in [6.07, 6.45) is 10.6. The van der Waals surface area contributed by atoms with Crippen LogP contribution in [0.15, 0.2) is 77.9 Å². The van der Waals surface area contributed by atoms with Gasteiger partial charge in [0.25, 0.3) is 0 Å². The summed E-state index contributed by atoms with van der Waals surface area (Å²) in [6, 6.07) is 15.8. The molecule has 0 unspecified atom stereocenters. The quantitative estimate of drug-likeness (QED) is 0.122. The molecule has 0 amide bonds. The van der Waals surface area contributed by atoms with Gasteiger partial charge in [-0.25, -0.2) is 5.84 Å². The summed E-state index contributed by atoms with van der Waals surface area (Å²) in [7, 11) is 0. The van der Waals surface area contributed by atoms with Crippen LogP contribution in [0.3, 0.4) is 0 Å². The molecule has 260 valence electrons. The lowest BCUT2D eigenvalue weighted by Gasteiger charge is -2.34. The van der Waals surface area contributed by atoms with E-state index in [1.54, 1.807) is 0 Å². The summed E-state index contributed by atoms with van der Waals surface area (Å²) in [5, 5.41) is 39.2. The average Bonchev–Trinajstić information content (AvgIpc) is 3.41. The lowest BCUT2D eigenvalue weighted by molar-refractivity contribution is 0.283. The Morgan fingerprint density at radius 1 is 0.755 bits per heavy atom. The number of phenolic OH excluding ortho intramolecular Hbond substituents is 2. The second kappa shape index (κ2) is 13.1. The predicted octanol–water partition coefficient (Wildman–Crippen LogP) is 9.40. The van der Waals surface area contributed by atoms with Gasteiger partial charge in [0.2, 0.25) is 0 Å². The molecule has 0 saturated carbocycles. The van der Waals surface area contributed by atoms with Gasteiger partial charge in [0.1, 0.15) is 33.9 Å². The number of nitrogens with two attached hydrogens (primary N) is 1. The number of hydrazone groups is 1. The SMILES string of the molecule is CC(C)(C)CC(C)(C)c1cc(Cc2cc(C(C)(C)CC(C)(C)C)cc(-n3nc4ccccc4n3)c2O)c(O)c(N(N)/N=C2/C=CC=CC2)c1. The molecule has 1 aliphatic carbocycles. The Labute approximate surface area is 292 Å². The van der Waals surface area contributed by atoms with Crippen LogP contribution in [0.2, 0.25) is 0 Å². The van der Waals surface area contributed by atoms with E-state index in [4.69, 9.17) is 16.0 Å². The molecule has 4 N–H and O–H groups in total. The van der Waals surface area contributed by atoms with E-state index in [9.17, 15) is 10.2 Å². The van der Waals surface area contributed by atoms with Gasteiger partial charge in [-0.15, -0.1) is 15.0 Å². The number of benzene rings is 3. The molecule has 8 heteroatoms. The molecule has 0 spiro atoms. The van der Waals surface area contributed by atoms with Gasteiger partial charge in [0.05, 0.1) is 5.71 Å². The molecular weight excluding hydrogens is 608 g/mol. The highest BCUT2D eigenvalue weighted by Gasteiger charge is 2.32. The molecule has 3 aromatic carbocycles. The van der Waals surface area contributed by atoms with E-state index < -0.39 is 0 Å². The van der Waals surface area contributed by atoms with Gasteiger partial charge >= 0.3 is 0 Å². The number of hydrazine groups is 1. The highest BCUT2D eigenvalue weighted by atomic mass is 16.3. The van der Waals surface area contributed by atoms with Gasteiger partial charge in [-0.05, 0) is 76.0 Å². The van der Waals surface area contributed by atoms with Gasteiger partial charge in [0.15, 0.2) is 0 Å². The first-order chi connectivity index (χ1) is 22.7. The van der Waals surface area contributed by atoms with Crippen LogP contribution in [0, 0.1) is 10.8 Å². The minimum absolute atomic E-state index is 0.0285. The van der Waals surface area contributed by atoms with Crippen molar-refractivity contribution >= 4 is 22.4 Å². The highest BCUT2D eigenvalue weighted by molar-refractivity contribution is 5.97. The molecule has 5 rings (SSSR count). The lowest BCUT2D eigenvalue weighted by Crippen LogP contribution is -2.29. The van der Waals surface area contributed by atoms with Crippen molar-refractivity contribution in [1.29, 1.82) is 0 Å². The van der Waals surface area contributed by atoms with Crippen LogP contribution in [0.4, 0.5) is 5.69 Å². The summed E-state index contributed by atoms with van der Waals surface area (Å²) < 4.78 is 0. The second-order valence-electron chi connectivity index (χ2n) is 17.3. The van der Waals surface area contributed by atoms with Gasteiger partial charge in [0, 0.05) is 24.0 Å². The molecule has 8 nitrogen and oxygen atoms in total. The smallest absolute Gasteiger partial charge is 0.146 e. The molecule has 0 bridgehead atoms. The molecule has 1 aliphatic rings. The Bertz CT molecular complexity index is 1900. The Morgan fingerprint density at radius 3 is 1.80 bits per heavy atom. The number of hydrogen-bond acceptors (Lipinski definition) is 7. The van der Waals surface area contributed by atoms with Crippen LogP contribution < -0.4 is 11.0 Å². The van der Waals surface area contributed by atoms with E-state index in [1.165, 1.54) is 9.91 Å². The summed E-state index contributed by atoms with van der Waals surface area (Å²) in [4.78, 5) is 1.53. The molecule has 4 aromatic rings. The molecule has 0 aliphatic heterocycles. The monoisotopic (exact) mass is 662 g/mol. The van der Waals surface area contributed by atoms with Gasteiger partial charge < -0.3 is 10.2 Å². The minimum atomic E-state index is -0.250. The fourth-order valence-electron chi connectivity index (χ4n) is 7.53. The zero-order valence-electron chi connectivity index (χ0n) is 31.0. The normalized spacial score (nSPS) is 15.0. The van der Waals surface area contributed by atoms with E-state index >= 15 is 0 Å². The number of allylic oxidation sites excluding steroid dienone is 4. The summed E-state index contributed by atoms with van der Waals surface area (Å²) in [5.41, 5.74) is 6.22. The summed E-state index contributed by atoms with van der Waals surface area (Å²) in [5.74, 6) is 6.69. The van der Waals surface area contributed by atoms with Crippen molar-refractivity contribution in [2.75, 3.05) is 5.12 Å². The number of aromatic nitrogens is 3. The zero-order valence-corrected chi connectivity index (χ0v) is 31.0. The van der Waals surface area contributed by atoms with Crippen LogP contribution in [-0.4, -0.2) is 30.9 Å². The van der Waals surface area contributed by atoms with E-state index in [1.807, 2.05) is 60.7 Å². The van der Waals surface area contributed by atoms with Crippen molar-refractivity contribution in [3.8, 4) is 17.2 Å². The maximum atomic E-state index is 12.0. The Hall–Kier alpha value is -4.43. The maximum absolute atomic E-state index is 12.0. The predicted molar refractivity (Wildman–Crippen MR) is 203 cm³/mol. The highest BCUT2D eigenvalue weighted by Crippen LogP contribution is 2.44. The van der Waals surface area contributed by atoms with E-state index in [0.717, 1.165) is 40.7 Å². The summed E-state index contributed by atoms with van der Waals surface area (Å²) in [6.45, 7) is 22.3. The minimum Gasteiger partial charge on any atom is -0.505 e. The van der Waals surface area contributed by atoms with Crippen molar-refractivity contribution in [3.05, 3.63) is 95.1 Å². The third-order valence-electron chi connectivity index (χ3n) is 9.07. The van der Waals surface area contributed by atoms with Crippen molar-refractivity contribution in [2.24, 2.45) is 21.8 Å². The molecule has 0 atom stereocenters. The van der Waals surface area contributed by atoms with E-state index in [0.29, 0.717) is 28.9 Å². The fraction of sp³-hybridized carbons (Fsp3) is 0.439. The number of rotatable bonds is 9. The first-order valence-electron chi connectivity index (χ1n) is 17.2. The lowest BCUT2D eigenvalue weighted by atomic mass is 9.71. The van der Waals surface area contributed by atoms with Gasteiger partial charge in [-0.3, -0.25) is 0 Å². The fourth-order valence-corrected chi connectivity index (χ4v) is 7.53. The molecule has 1 heterocycles. The van der Waals surface area contributed by atoms with Crippen molar-refractivity contribution in [3.63, 3.8) is 0 Å². The molecule has 49 heavy (non-hydrogen) atoms. The molecule has 0 fully saturated rings. The summed E-state index contributed by atoms with van der Waals surface area (Å²) >= 11 is 0. The average molecular weight is 663 g/mol. The number of aromatic hydroxyl groups is 2. The topological polar surface area (TPSA) is 113 Å². The van der Waals surface area contributed by atoms with Crippen LogP contribution in [0.25, 0.3) is 16.7 Å². The Morgan fingerprint density at radius 2 is 1.29 bits per heavy atom.